The summed E-state index contributed by atoms with van der Waals surface area (Å²) in [5.41, 5.74) is 4.33. The summed E-state index contributed by atoms with van der Waals surface area (Å²) in [7, 11) is 0. The molecule has 3 aromatic carbocycles. The fraction of sp³-hybridized carbons (Fsp3) is 0.342. The van der Waals surface area contributed by atoms with Crippen LogP contribution in [0.25, 0.3) is 16.5 Å². The smallest absolute Gasteiger partial charge is 0.324 e. The standard InChI is InChI=1S/C38H44N6O3/c1-26-15-16-29(24-39-26)44-36(23-35(42-44)38(3,4)5)41-37(45)40-32-17-18-33(31-14-10-9-13-30(31)32)46-21-19-43-20-22-47-34(25-43)27(2)28-11-7-6-8-12-28/h6-18,23-24,27,34H,19-22,25H2,1-5H3,(H2,40,41,45). The number of aryl methyl sites for hydroxylation is 1. The second-order valence-electron chi connectivity index (χ2n) is 13.2. The van der Waals surface area contributed by atoms with Gasteiger partial charge in [-0.1, -0.05) is 82.3 Å². The van der Waals surface area contributed by atoms with Crippen LogP contribution in [0.15, 0.2) is 91.1 Å². The molecule has 2 unspecified atom stereocenters. The Labute approximate surface area is 276 Å². The number of amides is 2. The first-order chi connectivity index (χ1) is 22.7. The fourth-order valence-electron chi connectivity index (χ4n) is 5.89. The summed E-state index contributed by atoms with van der Waals surface area (Å²) < 4.78 is 14.2. The third-order valence-corrected chi connectivity index (χ3v) is 8.72. The minimum Gasteiger partial charge on any atom is -0.492 e. The number of nitrogens with zero attached hydrogens (tertiary/aromatic N) is 4. The second kappa shape index (κ2) is 13.9. The number of carbonyl (C=O) groups excluding carboxylic acids is 1. The van der Waals surface area contributed by atoms with E-state index in [4.69, 9.17) is 14.6 Å². The zero-order chi connectivity index (χ0) is 33.0. The van der Waals surface area contributed by atoms with Gasteiger partial charge in [0.1, 0.15) is 18.2 Å². The molecule has 2 atom stereocenters. The molecule has 9 nitrogen and oxygen atoms in total. The Balaban J connectivity index is 1.12. The van der Waals surface area contributed by atoms with Gasteiger partial charge in [0.2, 0.25) is 0 Å². The first kappa shape index (κ1) is 32.2. The van der Waals surface area contributed by atoms with E-state index in [9.17, 15) is 4.79 Å². The lowest BCUT2D eigenvalue weighted by atomic mass is 9.92. The van der Waals surface area contributed by atoms with Gasteiger partial charge in [-0.05, 0) is 36.8 Å². The maximum atomic E-state index is 13.4. The molecule has 9 heteroatoms. The molecule has 0 spiro atoms. The van der Waals surface area contributed by atoms with Crippen molar-refractivity contribution in [1.82, 2.24) is 19.7 Å². The van der Waals surface area contributed by atoms with Crippen LogP contribution in [0.5, 0.6) is 5.75 Å². The van der Waals surface area contributed by atoms with E-state index in [2.05, 4.69) is 72.5 Å². The first-order valence-corrected chi connectivity index (χ1v) is 16.3. The molecule has 6 rings (SSSR count). The Morgan fingerprint density at radius 1 is 1.00 bits per heavy atom. The number of aromatic nitrogens is 3. The molecule has 0 radical (unpaired) electrons. The number of ether oxygens (including phenoxy) is 2. The molecule has 1 saturated heterocycles. The maximum Gasteiger partial charge on any atom is 0.324 e. The normalized spacial score (nSPS) is 16.1. The molecule has 1 aliphatic heterocycles. The molecule has 1 aliphatic rings. The number of rotatable bonds is 9. The highest BCUT2D eigenvalue weighted by molar-refractivity contribution is 6.07. The molecule has 1 fully saturated rings. The van der Waals surface area contributed by atoms with Gasteiger partial charge in [-0.3, -0.25) is 15.2 Å². The second-order valence-corrected chi connectivity index (χ2v) is 13.2. The maximum absolute atomic E-state index is 13.4. The number of pyridine rings is 1. The van der Waals surface area contributed by atoms with Gasteiger partial charge >= 0.3 is 6.03 Å². The van der Waals surface area contributed by atoms with Crippen molar-refractivity contribution in [3.63, 3.8) is 0 Å². The van der Waals surface area contributed by atoms with Crippen LogP contribution in [0.4, 0.5) is 16.3 Å². The number of urea groups is 1. The summed E-state index contributed by atoms with van der Waals surface area (Å²) in [6.07, 6.45) is 1.91. The predicted octanol–water partition coefficient (Wildman–Crippen LogP) is 7.55. The lowest BCUT2D eigenvalue weighted by molar-refractivity contribution is -0.0416. The first-order valence-electron chi connectivity index (χ1n) is 16.3. The number of benzene rings is 3. The zero-order valence-electron chi connectivity index (χ0n) is 27.9. The number of carbonyl (C=O) groups is 1. The summed E-state index contributed by atoms with van der Waals surface area (Å²) >= 11 is 0. The van der Waals surface area contributed by atoms with Crippen molar-refractivity contribution in [2.24, 2.45) is 0 Å². The average Bonchev–Trinajstić information content (AvgIpc) is 3.50. The van der Waals surface area contributed by atoms with E-state index in [1.54, 1.807) is 10.9 Å². The van der Waals surface area contributed by atoms with Crippen LogP contribution in [0.1, 0.15) is 50.6 Å². The van der Waals surface area contributed by atoms with Gasteiger partial charge in [0, 0.05) is 53.5 Å². The van der Waals surface area contributed by atoms with E-state index in [0.717, 1.165) is 53.2 Å². The number of hydrogen-bond donors (Lipinski definition) is 2. The van der Waals surface area contributed by atoms with E-state index >= 15 is 0 Å². The fourth-order valence-corrected chi connectivity index (χ4v) is 5.89. The largest absolute Gasteiger partial charge is 0.492 e. The molecule has 3 heterocycles. The van der Waals surface area contributed by atoms with Crippen molar-refractivity contribution in [3.05, 3.63) is 108 Å². The van der Waals surface area contributed by atoms with Crippen molar-refractivity contribution in [3.8, 4) is 11.4 Å². The number of morpholine rings is 1. The van der Waals surface area contributed by atoms with Crippen molar-refractivity contribution in [1.29, 1.82) is 0 Å². The van der Waals surface area contributed by atoms with Crippen LogP contribution in [0, 0.1) is 6.92 Å². The van der Waals surface area contributed by atoms with Crippen LogP contribution in [0.2, 0.25) is 0 Å². The molecule has 244 valence electrons. The Bertz CT molecular complexity index is 1810. The highest BCUT2D eigenvalue weighted by atomic mass is 16.5. The Kier molecular flexibility index (Phi) is 9.56. The molecule has 0 saturated carbocycles. The molecule has 47 heavy (non-hydrogen) atoms. The third kappa shape index (κ3) is 7.64. The summed E-state index contributed by atoms with van der Waals surface area (Å²) in [6.45, 7) is 14.3. The zero-order valence-corrected chi connectivity index (χ0v) is 27.9. The Morgan fingerprint density at radius 3 is 2.51 bits per heavy atom. The van der Waals surface area contributed by atoms with E-state index < -0.39 is 0 Å². The number of anilines is 2. The Hall–Kier alpha value is -4.73. The summed E-state index contributed by atoms with van der Waals surface area (Å²) in [5.74, 6) is 1.67. The van der Waals surface area contributed by atoms with E-state index in [-0.39, 0.29) is 17.6 Å². The van der Waals surface area contributed by atoms with E-state index in [1.807, 2.05) is 67.6 Å². The lowest BCUT2D eigenvalue weighted by Crippen LogP contribution is -2.45. The van der Waals surface area contributed by atoms with Gasteiger partial charge in [-0.15, -0.1) is 0 Å². The highest BCUT2D eigenvalue weighted by Gasteiger charge is 2.26. The van der Waals surface area contributed by atoms with Gasteiger partial charge in [0.25, 0.3) is 0 Å². The highest BCUT2D eigenvalue weighted by Crippen LogP contribution is 2.32. The van der Waals surface area contributed by atoms with Gasteiger partial charge < -0.3 is 14.8 Å². The molecule has 2 amide bonds. The average molecular weight is 633 g/mol. The summed E-state index contributed by atoms with van der Waals surface area (Å²) in [6, 6.07) is 27.8. The molecule has 5 aromatic rings. The van der Waals surface area contributed by atoms with Gasteiger partial charge in [0.05, 0.1) is 36.0 Å². The quantitative estimate of drug-likeness (QED) is 0.174. The third-order valence-electron chi connectivity index (χ3n) is 8.72. The van der Waals surface area contributed by atoms with Crippen LogP contribution in [-0.4, -0.2) is 64.6 Å². The van der Waals surface area contributed by atoms with Crippen LogP contribution >= 0.6 is 0 Å². The molecule has 2 aromatic heterocycles. The van der Waals surface area contributed by atoms with Crippen LogP contribution in [-0.2, 0) is 10.2 Å². The molecular weight excluding hydrogens is 588 g/mol. The van der Waals surface area contributed by atoms with Gasteiger partial charge in [0.15, 0.2) is 0 Å². The van der Waals surface area contributed by atoms with Crippen LogP contribution in [0.3, 0.4) is 0 Å². The molecule has 2 N–H and O–H groups in total. The molecule has 0 aliphatic carbocycles. The minimum atomic E-state index is -0.364. The monoisotopic (exact) mass is 632 g/mol. The Morgan fingerprint density at radius 2 is 1.77 bits per heavy atom. The van der Waals surface area contributed by atoms with Crippen molar-refractivity contribution in [2.75, 3.05) is 43.5 Å². The van der Waals surface area contributed by atoms with Crippen molar-refractivity contribution < 1.29 is 14.3 Å². The van der Waals surface area contributed by atoms with Crippen LogP contribution < -0.4 is 15.4 Å². The van der Waals surface area contributed by atoms with Gasteiger partial charge in [-0.2, -0.15) is 5.10 Å². The van der Waals surface area contributed by atoms with Gasteiger partial charge in [-0.25, -0.2) is 9.48 Å². The van der Waals surface area contributed by atoms with E-state index in [0.29, 0.717) is 30.6 Å². The number of hydrogen-bond acceptors (Lipinski definition) is 6. The lowest BCUT2D eigenvalue weighted by Gasteiger charge is -2.36. The summed E-state index contributed by atoms with van der Waals surface area (Å²) in [4.78, 5) is 20.2. The van der Waals surface area contributed by atoms with Crippen molar-refractivity contribution in [2.45, 2.75) is 52.1 Å². The number of fused-ring (bicyclic) bond motifs is 1. The van der Waals surface area contributed by atoms with Crippen molar-refractivity contribution >= 4 is 28.3 Å². The van der Waals surface area contributed by atoms with E-state index in [1.165, 1.54) is 5.56 Å². The molecule has 0 bridgehead atoms. The topological polar surface area (TPSA) is 93.5 Å². The predicted molar refractivity (Wildman–Crippen MR) is 188 cm³/mol. The molecular formula is C38H44N6O3. The number of nitrogens with one attached hydrogen (secondary N) is 2. The minimum absolute atomic E-state index is 0.149. The summed E-state index contributed by atoms with van der Waals surface area (Å²) in [5, 5.41) is 12.7. The SMILES string of the molecule is Cc1ccc(-n2nc(C(C)(C)C)cc2NC(=O)Nc2ccc(OCCN3CCOC(C(C)c4ccccc4)C3)c3ccccc23)cn1.